The molecule has 1 amide bonds. The second-order valence-corrected chi connectivity index (χ2v) is 5.65. The van der Waals surface area contributed by atoms with Crippen molar-refractivity contribution in [3.05, 3.63) is 64.7 Å². The molecule has 4 heteroatoms. The van der Waals surface area contributed by atoms with Crippen LogP contribution in [0.25, 0.3) is 0 Å². The van der Waals surface area contributed by atoms with E-state index in [1.165, 1.54) is 0 Å². The number of benzene rings is 2. The van der Waals surface area contributed by atoms with Crippen molar-refractivity contribution in [2.75, 3.05) is 6.61 Å². The predicted molar refractivity (Wildman–Crippen MR) is 89.7 cm³/mol. The number of nitrogens with one attached hydrogen (secondary N) is 1. The van der Waals surface area contributed by atoms with Crippen LogP contribution in [0, 0.1) is 6.92 Å². The number of hydrogen-bond acceptors (Lipinski definition) is 2. The molecule has 0 aromatic heterocycles. The van der Waals surface area contributed by atoms with Crippen LogP contribution in [0.1, 0.15) is 29.3 Å². The predicted octanol–water partition coefficient (Wildman–Crippen LogP) is 4.24. The average molecular weight is 318 g/mol. The summed E-state index contributed by atoms with van der Waals surface area (Å²) >= 11 is 5.83. The molecule has 0 fully saturated rings. The Balaban J connectivity index is 1.91. The number of carbonyl (C=O) groups is 1. The highest BCUT2D eigenvalue weighted by Gasteiger charge is 2.13. The van der Waals surface area contributed by atoms with Crippen LogP contribution < -0.4 is 10.1 Å². The minimum Gasteiger partial charge on any atom is -0.491 e. The van der Waals surface area contributed by atoms with Crippen LogP contribution in [-0.2, 0) is 0 Å². The van der Waals surface area contributed by atoms with Gasteiger partial charge in [0.15, 0.2) is 0 Å². The van der Waals surface area contributed by atoms with Crippen molar-refractivity contribution in [1.82, 2.24) is 5.32 Å². The molecule has 0 aliphatic heterocycles. The zero-order valence-corrected chi connectivity index (χ0v) is 13.6. The number of rotatable bonds is 6. The van der Waals surface area contributed by atoms with Crippen molar-refractivity contribution in [1.29, 1.82) is 0 Å². The third kappa shape index (κ3) is 4.78. The molecular weight excluding hydrogens is 298 g/mol. The van der Waals surface area contributed by atoms with Gasteiger partial charge in [0, 0.05) is 10.6 Å². The summed E-state index contributed by atoms with van der Waals surface area (Å²) < 4.78 is 5.76. The number of carbonyl (C=O) groups excluding carboxylic acids is 1. The lowest BCUT2D eigenvalue weighted by molar-refractivity contribution is 0.0920. The third-order valence-corrected chi connectivity index (χ3v) is 3.63. The first-order valence-electron chi connectivity index (χ1n) is 7.34. The van der Waals surface area contributed by atoms with Gasteiger partial charge in [0.25, 0.3) is 5.91 Å². The molecule has 0 saturated heterocycles. The summed E-state index contributed by atoms with van der Waals surface area (Å²) in [4.78, 5) is 12.2. The zero-order valence-electron chi connectivity index (χ0n) is 12.8. The highest BCUT2D eigenvalue weighted by molar-refractivity contribution is 6.30. The van der Waals surface area contributed by atoms with Gasteiger partial charge in [-0.25, -0.2) is 0 Å². The van der Waals surface area contributed by atoms with E-state index in [9.17, 15) is 4.79 Å². The van der Waals surface area contributed by atoms with Gasteiger partial charge in [0.05, 0.1) is 6.04 Å². The van der Waals surface area contributed by atoms with E-state index in [0.717, 1.165) is 17.7 Å². The van der Waals surface area contributed by atoms with Gasteiger partial charge in [0.2, 0.25) is 0 Å². The molecule has 0 spiro atoms. The maximum Gasteiger partial charge on any atom is 0.251 e. The smallest absolute Gasteiger partial charge is 0.251 e. The fourth-order valence-electron chi connectivity index (χ4n) is 2.03. The molecule has 0 bridgehead atoms. The van der Waals surface area contributed by atoms with Crippen molar-refractivity contribution in [2.45, 2.75) is 26.3 Å². The van der Waals surface area contributed by atoms with Gasteiger partial charge in [-0.3, -0.25) is 4.79 Å². The molecule has 2 aromatic carbocycles. The van der Waals surface area contributed by atoms with Gasteiger partial charge < -0.3 is 10.1 Å². The Kier molecular flexibility index (Phi) is 5.84. The van der Waals surface area contributed by atoms with Gasteiger partial charge in [-0.1, -0.05) is 30.7 Å². The van der Waals surface area contributed by atoms with Crippen LogP contribution in [0.5, 0.6) is 5.75 Å². The number of hydrogen-bond donors (Lipinski definition) is 1. The topological polar surface area (TPSA) is 38.3 Å². The molecule has 2 rings (SSSR count). The van der Waals surface area contributed by atoms with Crippen molar-refractivity contribution < 1.29 is 9.53 Å². The van der Waals surface area contributed by atoms with E-state index in [4.69, 9.17) is 16.3 Å². The quantitative estimate of drug-likeness (QED) is 0.865. The highest BCUT2D eigenvalue weighted by atomic mass is 35.5. The average Bonchev–Trinajstić information content (AvgIpc) is 2.52. The fraction of sp³-hybridized carbons (Fsp3) is 0.278. The van der Waals surface area contributed by atoms with E-state index in [1.807, 2.05) is 38.1 Å². The second-order valence-electron chi connectivity index (χ2n) is 5.21. The summed E-state index contributed by atoms with van der Waals surface area (Å²) in [5, 5.41) is 3.60. The first-order chi connectivity index (χ1) is 10.6. The summed E-state index contributed by atoms with van der Waals surface area (Å²) in [6, 6.07) is 14.7. The molecule has 0 aliphatic carbocycles. The molecule has 0 saturated carbocycles. The van der Waals surface area contributed by atoms with E-state index < -0.39 is 0 Å². The molecule has 0 aliphatic rings. The van der Waals surface area contributed by atoms with Gasteiger partial charge in [-0.05, 0) is 55.3 Å². The van der Waals surface area contributed by atoms with E-state index in [-0.39, 0.29) is 11.9 Å². The van der Waals surface area contributed by atoms with E-state index in [2.05, 4.69) is 5.32 Å². The van der Waals surface area contributed by atoms with E-state index >= 15 is 0 Å². The molecule has 3 nitrogen and oxygen atoms in total. The van der Waals surface area contributed by atoms with Gasteiger partial charge in [-0.15, -0.1) is 0 Å². The van der Waals surface area contributed by atoms with Crippen LogP contribution in [0.3, 0.4) is 0 Å². The highest BCUT2D eigenvalue weighted by Crippen LogP contribution is 2.13. The summed E-state index contributed by atoms with van der Waals surface area (Å²) in [5.74, 6) is 0.704. The molecular formula is C18H20ClNO2. The summed E-state index contributed by atoms with van der Waals surface area (Å²) in [6.45, 7) is 4.48. The monoisotopic (exact) mass is 317 g/mol. The maximum absolute atomic E-state index is 12.2. The summed E-state index contributed by atoms with van der Waals surface area (Å²) in [6.07, 6.45) is 0.797. The Morgan fingerprint density at radius 3 is 2.59 bits per heavy atom. The zero-order chi connectivity index (χ0) is 15.9. The Labute approximate surface area is 136 Å². The van der Waals surface area contributed by atoms with E-state index in [0.29, 0.717) is 17.2 Å². The first-order valence-corrected chi connectivity index (χ1v) is 7.72. The lowest BCUT2D eigenvalue weighted by Gasteiger charge is -2.18. The van der Waals surface area contributed by atoms with Crippen LogP contribution in [0.2, 0.25) is 5.02 Å². The van der Waals surface area contributed by atoms with Crippen LogP contribution >= 0.6 is 11.6 Å². The molecule has 1 N–H and O–H groups in total. The number of aryl methyl sites for hydroxylation is 1. The SMILES string of the molecule is CCC(COc1cccc(C)c1)NC(=O)c1ccc(Cl)cc1. The van der Waals surface area contributed by atoms with Crippen LogP contribution in [0.15, 0.2) is 48.5 Å². The molecule has 1 unspecified atom stereocenters. The summed E-state index contributed by atoms with van der Waals surface area (Å²) in [7, 11) is 0. The molecule has 0 radical (unpaired) electrons. The van der Waals surface area contributed by atoms with Crippen LogP contribution in [0.4, 0.5) is 0 Å². The van der Waals surface area contributed by atoms with Crippen molar-refractivity contribution >= 4 is 17.5 Å². The first kappa shape index (κ1) is 16.4. The van der Waals surface area contributed by atoms with Crippen molar-refractivity contribution in [3.8, 4) is 5.75 Å². The largest absolute Gasteiger partial charge is 0.491 e. The molecule has 22 heavy (non-hydrogen) atoms. The Hall–Kier alpha value is -2.00. The minimum absolute atomic E-state index is 0.0382. The Bertz CT molecular complexity index is 625. The number of ether oxygens (including phenoxy) is 1. The van der Waals surface area contributed by atoms with Crippen molar-refractivity contribution in [2.24, 2.45) is 0 Å². The fourth-order valence-corrected chi connectivity index (χ4v) is 2.16. The normalized spacial score (nSPS) is 11.8. The molecule has 1 atom stereocenters. The number of halogens is 1. The lowest BCUT2D eigenvalue weighted by Crippen LogP contribution is -2.38. The Morgan fingerprint density at radius 2 is 1.95 bits per heavy atom. The van der Waals surface area contributed by atoms with Crippen LogP contribution in [-0.4, -0.2) is 18.6 Å². The minimum atomic E-state index is -0.114. The maximum atomic E-state index is 12.2. The summed E-state index contributed by atoms with van der Waals surface area (Å²) in [5.41, 5.74) is 1.74. The third-order valence-electron chi connectivity index (χ3n) is 3.38. The van der Waals surface area contributed by atoms with Crippen molar-refractivity contribution in [3.63, 3.8) is 0 Å². The standard InChI is InChI=1S/C18H20ClNO2/c1-3-16(12-22-17-6-4-5-13(2)11-17)20-18(21)14-7-9-15(19)10-8-14/h4-11,16H,3,12H2,1-2H3,(H,20,21). The molecule has 116 valence electrons. The van der Waals surface area contributed by atoms with Gasteiger partial charge in [0.1, 0.15) is 12.4 Å². The van der Waals surface area contributed by atoms with Gasteiger partial charge in [-0.2, -0.15) is 0 Å². The second kappa shape index (κ2) is 7.85. The lowest BCUT2D eigenvalue weighted by atomic mass is 10.1. The van der Waals surface area contributed by atoms with E-state index in [1.54, 1.807) is 24.3 Å². The number of amides is 1. The molecule has 2 aromatic rings. The molecule has 0 heterocycles. The van der Waals surface area contributed by atoms with Gasteiger partial charge >= 0.3 is 0 Å². The Morgan fingerprint density at radius 1 is 1.23 bits per heavy atom.